The Hall–Kier alpha value is -1.57. The number of fused-ring (bicyclic) bond motifs is 1. The summed E-state index contributed by atoms with van der Waals surface area (Å²) in [4.78, 5) is 4.78. The summed E-state index contributed by atoms with van der Waals surface area (Å²) in [6.45, 7) is 7.09. The number of hydrogen-bond donors (Lipinski definition) is 0. The Balaban J connectivity index is 2.49. The summed E-state index contributed by atoms with van der Waals surface area (Å²) in [6.07, 6.45) is 3.24. The van der Waals surface area contributed by atoms with Crippen molar-refractivity contribution in [2.75, 3.05) is 6.61 Å². The first-order chi connectivity index (χ1) is 8.78. The first kappa shape index (κ1) is 12.9. The van der Waals surface area contributed by atoms with E-state index in [0.29, 0.717) is 6.61 Å². The van der Waals surface area contributed by atoms with Crippen LogP contribution in [0.2, 0.25) is 0 Å². The molecule has 0 bridgehead atoms. The molecule has 0 aliphatic carbocycles. The highest BCUT2D eigenvalue weighted by atomic mass is 16.5. The quantitative estimate of drug-likeness (QED) is 0.787. The predicted octanol–water partition coefficient (Wildman–Crippen LogP) is 4.15. The normalized spacial score (nSPS) is 10.8. The molecule has 0 unspecified atom stereocenters. The van der Waals surface area contributed by atoms with E-state index in [1.807, 2.05) is 13.0 Å². The van der Waals surface area contributed by atoms with Gasteiger partial charge in [0.1, 0.15) is 5.75 Å². The molecule has 96 valence electrons. The van der Waals surface area contributed by atoms with Crippen LogP contribution in [0.25, 0.3) is 10.9 Å². The minimum absolute atomic E-state index is 0.702. The molecule has 0 saturated heterocycles. The molecule has 0 aliphatic rings. The van der Waals surface area contributed by atoms with E-state index in [1.165, 1.54) is 16.6 Å². The molecule has 2 heteroatoms. The van der Waals surface area contributed by atoms with Gasteiger partial charge in [-0.2, -0.15) is 0 Å². The molecular weight excluding hydrogens is 222 g/mol. The zero-order chi connectivity index (χ0) is 13.0. The Kier molecular flexibility index (Phi) is 4.19. The maximum absolute atomic E-state index is 5.54. The average molecular weight is 243 g/mol. The van der Waals surface area contributed by atoms with Gasteiger partial charge in [-0.15, -0.1) is 0 Å². The van der Waals surface area contributed by atoms with Crippen molar-refractivity contribution in [2.24, 2.45) is 0 Å². The van der Waals surface area contributed by atoms with Gasteiger partial charge in [-0.05, 0) is 49.6 Å². The van der Waals surface area contributed by atoms with Crippen LogP contribution in [-0.2, 0) is 12.8 Å². The fourth-order valence-corrected chi connectivity index (χ4v) is 2.25. The van der Waals surface area contributed by atoms with Crippen LogP contribution in [-0.4, -0.2) is 11.6 Å². The lowest BCUT2D eigenvalue weighted by atomic mass is 10.0. The molecule has 0 atom stereocenters. The topological polar surface area (TPSA) is 22.1 Å². The summed E-state index contributed by atoms with van der Waals surface area (Å²) >= 11 is 0. The highest BCUT2D eigenvalue weighted by Gasteiger charge is 2.06. The van der Waals surface area contributed by atoms with Gasteiger partial charge in [-0.1, -0.05) is 20.3 Å². The molecule has 0 fully saturated rings. The van der Waals surface area contributed by atoms with Crippen molar-refractivity contribution in [3.8, 4) is 5.75 Å². The molecule has 0 spiro atoms. The van der Waals surface area contributed by atoms with Crippen molar-refractivity contribution in [1.29, 1.82) is 0 Å². The third-order valence-corrected chi connectivity index (χ3v) is 3.13. The first-order valence-corrected chi connectivity index (χ1v) is 6.83. The Morgan fingerprint density at radius 2 is 1.94 bits per heavy atom. The number of nitrogens with zero attached hydrogens (tertiary/aromatic N) is 1. The molecule has 2 rings (SSSR count). The molecule has 0 N–H and O–H groups in total. The van der Waals surface area contributed by atoms with Gasteiger partial charge in [-0.3, -0.25) is 4.98 Å². The smallest absolute Gasteiger partial charge is 0.120 e. The maximum atomic E-state index is 5.54. The van der Waals surface area contributed by atoms with Crippen molar-refractivity contribution < 1.29 is 4.74 Å². The van der Waals surface area contributed by atoms with E-state index < -0.39 is 0 Å². The Morgan fingerprint density at radius 1 is 1.11 bits per heavy atom. The molecule has 1 heterocycles. The third-order valence-electron chi connectivity index (χ3n) is 3.13. The van der Waals surface area contributed by atoms with E-state index >= 15 is 0 Å². The van der Waals surface area contributed by atoms with Crippen molar-refractivity contribution in [3.05, 3.63) is 35.5 Å². The zero-order valence-corrected chi connectivity index (χ0v) is 11.5. The number of ether oxygens (including phenoxy) is 1. The molecule has 0 aliphatic heterocycles. The Morgan fingerprint density at radius 3 is 2.61 bits per heavy atom. The van der Waals surface area contributed by atoms with Crippen molar-refractivity contribution >= 4 is 10.9 Å². The van der Waals surface area contributed by atoms with Crippen LogP contribution in [0.1, 0.15) is 38.4 Å². The van der Waals surface area contributed by atoms with E-state index in [2.05, 4.69) is 32.0 Å². The zero-order valence-electron chi connectivity index (χ0n) is 11.5. The van der Waals surface area contributed by atoms with Gasteiger partial charge in [0.05, 0.1) is 12.1 Å². The largest absolute Gasteiger partial charge is 0.494 e. The highest BCUT2D eigenvalue weighted by Crippen LogP contribution is 2.23. The van der Waals surface area contributed by atoms with Crippen molar-refractivity contribution in [2.45, 2.75) is 40.0 Å². The molecule has 0 radical (unpaired) electrons. The fourth-order valence-electron chi connectivity index (χ4n) is 2.25. The maximum Gasteiger partial charge on any atom is 0.120 e. The van der Waals surface area contributed by atoms with Crippen LogP contribution in [0, 0.1) is 0 Å². The summed E-state index contributed by atoms with van der Waals surface area (Å²) in [5.41, 5.74) is 3.67. The van der Waals surface area contributed by atoms with Crippen LogP contribution >= 0.6 is 0 Å². The monoisotopic (exact) mass is 243 g/mol. The summed E-state index contributed by atoms with van der Waals surface area (Å²) < 4.78 is 5.54. The van der Waals surface area contributed by atoms with Crippen LogP contribution in [0.4, 0.5) is 0 Å². The average Bonchev–Trinajstić information content (AvgIpc) is 2.39. The first-order valence-electron chi connectivity index (χ1n) is 6.83. The number of hydrogen-bond acceptors (Lipinski definition) is 2. The van der Waals surface area contributed by atoms with Crippen molar-refractivity contribution in [1.82, 2.24) is 4.98 Å². The second-order valence-corrected chi connectivity index (χ2v) is 4.49. The van der Waals surface area contributed by atoms with Gasteiger partial charge in [0, 0.05) is 11.1 Å². The van der Waals surface area contributed by atoms with Gasteiger partial charge in [0.25, 0.3) is 0 Å². The summed E-state index contributed by atoms with van der Waals surface area (Å²) in [6, 6.07) is 8.40. The molecule has 1 aromatic carbocycles. The van der Waals surface area contributed by atoms with E-state index in [4.69, 9.17) is 9.72 Å². The molecule has 18 heavy (non-hydrogen) atoms. The van der Waals surface area contributed by atoms with Gasteiger partial charge in [0.15, 0.2) is 0 Å². The van der Waals surface area contributed by atoms with Gasteiger partial charge in [0.2, 0.25) is 0 Å². The molecule has 2 nitrogen and oxygen atoms in total. The lowest BCUT2D eigenvalue weighted by Crippen LogP contribution is -1.98. The molecule has 2 aromatic rings. The molecular formula is C16H21NO. The van der Waals surface area contributed by atoms with E-state index in [0.717, 1.165) is 30.5 Å². The van der Waals surface area contributed by atoms with Crippen LogP contribution in [0.15, 0.2) is 24.3 Å². The minimum Gasteiger partial charge on any atom is -0.494 e. The van der Waals surface area contributed by atoms with Gasteiger partial charge < -0.3 is 4.74 Å². The van der Waals surface area contributed by atoms with Crippen LogP contribution in [0.3, 0.4) is 0 Å². The van der Waals surface area contributed by atoms with Crippen LogP contribution in [0.5, 0.6) is 5.75 Å². The van der Waals surface area contributed by atoms with E-state index in [9.17, 15) is 0 Å². The number of aromatic nitrogens is 1. The lowest BCUT2D eigenvalue weighted by Gasteiger charge is -2.10. The molecule has 0 saturated carbocycles. The number of pyridine rings is 1. The fraction of sp³-hybridized carbons (Fsp3) is 0.438. The summed E-state index contributed by atoms with van der Waals surface area (Å²) in [7, 11) is 0. The minimum atomic E-state index is 0.702. The lowest BCUT2D eigenvalue weighted by molar-refractivity contribution is 0.340. The van der Waals surface area contributed by atoms with Gasteiger partial charge >= 0.3 is 0 Å². The third kappa shape index (κ3) is 2.63. The molecule has 1 aromatic heterocycles. The Labute approximate surface area is 109 Å². The second kappa shape index (κ2) is 5.85. The van der Waals surface area contributed by atoms with Crippen molar-refractivity contribution in [3.63, 3.8) is 0 Å². The summed E-state index contributed by atoms with van der Waals surface area (Å²) in [5, 5.41) is 1.18. The predicted molar refractivity (Wildman–Crippen MR) is 76.3 cm³/mol. The SMILES string of the molecule is CCCc1nc2ccc(OCC)cc2cc1CC. The van der Waals surface area contributed by atoms with Crippen LogP contribution < -0.4 is 4.74 Å². The number of rotatable bonds is 5. The number of aryl methyl sites for hydroxylation is 2. The summed E-state index contributed by atoms with van der Waals surface area (Å²) in [5.74, 6) is 0.928. The second-order valence-electron chi connectivity index (χ2n) is 4.49. The van der Waals surface area contributed by atoms with E-state index in [-0.39, 0.29) is 0 Å². The van der Waals surface area contributed by atoms with Gasteiger partial charge in [-0.25, -0.2) is 0 Å². The molecule has 0 amide bonds. The standard InChI is InChI=1S/C16H21NO/c1-4-7-15-12(5-2)10-13-11-14(18-6-3)8-9-16(13)17-15/h8-11H,4-7H2,1-3H3. The number of benzene rings is 1. The highest BCUT2D eigenvalue weighted by molar-refractivity contribution is 5.81. The van der Waals surface area contributed by atoms with E-state index in [1.54, 1.807) is 0 Å². The Bertz CT molecular complexity index is 534.